The van der Waals surface area contributed by atoms with Crippen molar-refractivity contribution in [2.45, 2.75) is 57.5 Å². The van der Waals surface area contributed by atoms with Crippen LogP contribution >= 0.6 is 0 Å². The van der Waals surface area contributed by atoms with Crippen LogP contribution in [0, 0.1) is 5.92 Å². The molecular formula is C27H32N2O5. The van der Waals surface area contributed by atoms with Gasteiger partial charge in [-0.25, -0.2) is 9.59 Å². The molecule has 0 heterocycles. The van der Waals surface area contributed by atoms with E-state index in [1.165, 1.54) is 23.0 Å². The van der Waals surface area contributed by atoms with Crippen molar-refractivity contribution in [3.05, 3.63) is 59.7 Å². The second-order valence-electron chi connectivity index (χ2n) is 9.17. The number of carbonyl (C=O) groups is 3. The van der Waals surface area contributed by atoms with Gasteiger partial charge in [-0.15, -0.1) is 0 Å². The Morgan fingerprint density at radius 2 is 1.68 bits per heavy atom. The van der Waals surface area contributed by atoms with Crippen molar-refractivity contribution in [2.24, 2.45) is 5.92 Å². The van der Waals surface area contributed by atoms with E-state index in [2.05, 4.69) is 29.6 Å². The van der Waals surface area contributed by atoms with Gasteiger partial charge in [-0.2, -0.15) is 0 Å². The van der Waals surface area contributed by atoms with Crippen molar-refractivity contribution in [3.63, 3.8) is 0 Å². The number of ether oxygens (including phenoxy) is 1. The Balaban J connectivity index is 1.35. The predicted molar refractivity (Wildman–Crippen MR) is 128 cm³/mol. The number of likely N-dealkylation sites (N-methyl/N-ethyl adjacent to an activating group) is 1. The summed E-state index contributed by atoms with van der Waals surface area (Å²) in [5.41, 5.74) is 4.67. The van der Waals surface area contributed by atoms with Crippen molar-refractivity contribution < 1.29 is 24.2 Å². The molecule has 7 nitrogen and oxygen atoms in total. The molecule has 180 valence electrons. The van der Waals surface area contributed by atoms with Crippen LogP contribution in [-0.4, -0.2) is 53.2 Å². The van der Waals surface area contributed by atoms with E-state index < -0.39 is 18.1 Å². The average molecular weight is 465 g/mol. The second-order valence-corrected chi connectivity index (χ2v) is 9.17. The zero-order chi connectivity index (χ0) is 24.2. The van der Waals surface area contributed by atoms with Crippen molar-refractivity contribution in [1.82, 2.24) is 10.2 Å². The second kappa shape index (κ2) is 10.3. The molecule has 3 atom stereocenters. The number of nitrogens with one attached hydrogen (secondary N) is 1. The van der Waals surface area contributed by atoms with Crippen LogP contribution in [0.15, 0.2) is 48.5 Å². The number of carboxylic acid groups (broad SMARTS) is 1. The molecule has 1 fully saturated rings. The third kappa shape index (κ3) is 4.79. The molecule has 2 N–H and O–H groups in total. The highest BCUT2D eigenvalue weighted by Crippen LogP contribution is 2.44. The summed E-state index contributed by atoms with van der Waals surface area (Å²) < 4.78 is 5.65. The Labute approximate surface area is 200 Å². The van der Waals surface area contributed by atoms with Crippen LogP contribution in [0.2, 0.25) is 0 Å². The fourth-order valence-corrected chi connectivity index (χ4v) is 5.34. The number of carboxylic acids is 1. The molecule has 2 amide bonds. The fourth-order valence-electron chi connectivity index (χ4n) is 5.34. The van der Waals surface area contributed by atoms with Crippen LogP contribution in [-0.2, 0) is 14.3 Å². The first-order valence-corrected chi connectivity index (χ1v) is 12.1. The number of carbonyl (C=O) groups excluding carboxylic acids is 2. The lowest BCUT2D eigenvalue weighted by Gasteiger charge is -2.34. The zero-order valence-electron chi connectivity index (χ0n) is 19.7. The maximum absolute atomic E-state index is 13.0. The van der Waals surface area contributed by atoms with Gasteiger partial charge in [0.25, 0.3) is 0 Å². The van der Waals surface area contributed by atoms with E-state index in [1.807, 2.05) is 24.3 Å². The van der Waals surface area contributed by atoms with E-state index in [1.54, 1.807) is 6.92 Å². The molecule has 0 spiro atoms. The highest BCUT2D eigenvalue weighted by Gasteiger charge is 2.34. The molecule has 0 saturated heterocycles. The molecule has 4 rings (SSSR count). The molecule has 0 aliphatic heterocycles. The van der Waals surface area contributed by atoms with Crippen molar-refractivity contribution in [3.8, 4) is 11.1 Å². The van der Waals surface area contributed by atoms with E-state index >= 15 is 0 Å². The van der Waals surface area contributed by atoms with Gasteiger partial charge in [0, 0.05) is 24.4 Å². The molecule has 7 heteroatoms. The number of aliphatic carboxylic acids is 1. The monoisotopic (exact) mass is 464 g/mol. The summed E-state index contributed by atoms with van der Waals surface area (Å²) in [6, 6.07) is 15.4. The zero-order valence-corrected chi connectivity index (χ0v) is 19.7. The molecule has 1 unspecified atom stereocenters. The first-order valence-electron chi connectivity index (χ1n) is 12.1. The third-order valence-corrected chi connectivity index (χ3v) is 7.14. The lowest BCUT2D eigenvalue weighted by molar-refractivity contribution is -0.151. The lowest BCUT2D eigenvalue weighted by atomic mass is 9.84. The van der Waals surface area contributed by atoms with Gasteiger partial charge in [0.1, 0.15) is 12.6 Å². The molecule has 2 aromatic rings. The van der Waals surface area contributed by atoms with Crippen LogP contribution in [0.3, 0.4) is 0 Å². The van der Waals surface area contributed by atoms with Gasteiger partial charge in [0.2, 0.25) is 5.91 Å². The summed E-state index contributed by atoms with van der Waals surface area (Å²) in [7, 11) is 0. The molecule has 0 radical (unpaired) electrons. The Kier molecular flexibility index (Phi) is 7.20. The van der Waals surface area contributed by atoms with Gasteiger partial charge in [-0.3, -0.25) is 4.79 Å². The molecule has 1 saturated carbocycles. The van der Waals surface area contributed by atoms with Gasteiger partial charge >= 0.3 is 12.1 Å². The number of fused-ring (bicyclic) bond motifs is 3. The van der Waals surface area contributed by atoms with Crippen molar-refractivity contribution >= 4 is 18.0 Å². The van der Waals surface area contributed by atoms with Gasteiger partial charge in [0.05, 0.1) is 0 Å². The van der Waals surface area contributed by atoms with E-state index in [4.69, 9.17) is 4.74 Å². The highest BCUT2D eigenvalue weighted by atomic mass is 16.5. The minimum Gasteiger partial charge on any atom is -0.480 e. The SMILES string of the molecule is CCN(C(=O)[C@@H]1CCC[C@@H](NC(=O)OCC2c3ccccc3-c3ccccc32)C1)C(C)C(=O)O. The summed E-state index contributed by atoms with van der Waals surface area (Å²) in [4.78, 5) is 38.4. The summed E-state index contributed by atoms with van der Waals surface area (Å²) in [5.74, 6) is -1.47. The quantitative estimate of drug-likeness (QED) is 0.633. The van der Waals surface area contributed by atoms with E-state index in [0.29, 0.717) is 19.4 Å². The fraction of sp³-hybridized carbons (Fsp3) is 0.444. The molecule has 0 aromatic heterocycles. The van der Waals surface area contributed by atoms with Crippen LogP contribution in [0.4, 0.5) is 4.79 Å². The van der Waals surface area contributed by atoms with Crippen LogP contribution in [0.25, 0.3) is 11.1 Å². The number of benzene rings is 2. The number of nitrogens with zero attached hydrogens (tertiary/aromatic N) is 1. The summed E-state index contributed by atoms with van der Waals surface area (Å²) in [6.45, 7) is 3.90. The van der Waals surface area contributed by atoms with Crippen LogP contribution in [0.1, 0.15) is 56.6 Å². The molecule has 0 bridgehead atoms. The molecule has 2 aromatic carbocycles. The minimum atomic E-state index is -1.01. The number of hydrogen-bond donors (Lipinski definition) is 2. The Morgan fingerprint density at radius 1 is 1.06 bits per heavy atom. The average Bonchev–Trinajstić information content (AvgIpc) is 3.17. The minimum absolute atomic E-state index is 0.00514. The third-order valence-electron chi connectivity index (χ3n) is 7.14. The maximum Gasteiger partial charge on any atom is 0.407 e. The largest absolute Gasteiger partial charge is 0.480 e. The normalized spacial score (nSPS) is 20.1. The summed E-state index contributed by atoms with van der Waals surface area (Å²) >= 11 is 0. The molecule has 2 aliphatic rings. The van der Waals surface area contributed by atoms with Crippen molar-refractivity contribution in [2.75, 3.05) is 13.2 Å². The van der Waals surface area contributed by atoms with Gasteiger partial charge in [-0.1, -0.05) is 55.0 Å². The van der Waals surface area contributed by atoms with Crippen molar-refractivity contribution in [1.29, 1.82) is 0 Å². The number of alkyl carbamates (subject to hydrolysis) is 1. The van der Waals surface area contributed by atoms with Crippen LogP contribution in [0.5, 0.6) is 0 Å². The van der Waals surface area contributed by atoms with Gasteiger partial charge in [0.15, 0.2) is 0 Å². The number of hydrogen-bond acceptors (Lipinski definition) is 4. The van der Waals surface area contributed by atoms with Gasteiger partial charge < -0.3 is 20.1 Å². The highest BCUT2D eigenvalue weighted by molar-refractivity contribution is 5.85. The molecule has 34 heavy (non-hydrogen) atoms. The predicted octanol–water partition coefficient (Wildman–Crippen LogP) is 4.41. The topological polar surface area (TPSA) is 95.9 Å². The first kappa shape index (κ1) is 23.8. The van der Waals surface area contributed by atoms with E-state index in [9.17, 15) is 19.5 Å². The smallest absolute Gasteiger partial charge is 0.407 e. The summed E-state index contributed by atoms with van der Waals surface area (Å²) in [5, 5.41) is 12.2. The number of rotatable bonds is 7. The Hall–Kier alpha value is -3.35. The van der Waals surface area contributed by atoms with E-state index in [-0.39, 0.29) is 30.4 Å². The number of amides is 2. The Bertz CT molecular complexity index is 1020. The summed E-state index contributed by atoms with van der Waals surface area (Å²) in [6.07, 6.45) is 2.28. The van der Waals surface area contributed by atoms with Crippen LogP contribution < -0.4 is 5.32 Å². The standard InChI is InChI=1S/C27H32N2O5/c1-3-29(17(2)26(31)32)25(30)18-9-8-10-19(15-18)28-27(33)34-16-24-22-13-6-4-11-20(22)21-12-5-7-14-23(21)24/h4-7,11-14,17-19,24H,3,8-10,15-16H2,1-2H3,(H,28,33)(H,31,32)/t17?,18-,19-/m1/s1. The molecule has 2 aliphatic carbocycles. The first-order chi connectivity index (χ1) is 16.4. The Morgan fingerprint density at radius 3 is 2.26 bits per heavy atom. The van der Waals surface area contributed by atoms with Gasteiger partial charge in [-0.05, 0) is 55.4 Å². The maximum atomic E-state index is 13.0. The lowest BCUT2D eigenvalue weighted by Crippen LogP contribution is -2.48. The molecular weight excluding hydrogens is 432 g/mol. The van der Waals surface area contributed by atoms with E-state index in [0.717, 1.165) is 24.0 Å².